The number of nitrogens with zero attached hydrogens (tertiary/aromatic N) is 2. The predicted molar refractivity (Wildman–Crippen MR) is 108 cm³/mol. The molecule has 1 heterocycles. The molecule has 140 valence electrons. The Balaban J connectivity index is 1.53. The van der Waals surface area contributed by atoms with Gasteiger partial charge in [-0.05, 0) is 50.2 Å². The molecule has 6 heteroatoms. The van der Waals surface area contributed by atoms with Gasteiger partial charge >= 0.3 is 0 Å². The van der Waals surface area contributed by atoms with Gasteiger partial charge < -0.3 is 20.1 Å². The standard InChI is InChI=1S/C21H24N4O2/c1-15-4-6-17(7-5-15)24-21-23-16(2)14-20(25-21)22-12-13-27-19-10-8-18(26-3)9-11-19/h4-11,14H,12-13H2,1-3H3,(H2,22,23,24,25). The first-order valence-corrected chi connectivity index (χ1v) is 8.82. The second-order valence-corrected chi connectivity index (χ2v) is 6.16. The third kappa shape index (κ3) is 5.60. The fourth-order valence-electron chi connectivity index (χ4n) is 2.50. The van der Waals surface area contributed by atoms with Gasteiger partial charge in [0, 0.05) is 17.4 Å². The Hall–Kier alpha value is -3.28. The van der Waals surface area contributed by atoms with E-state index in [0.29, 0.717) is 19.1 Å². The van der Waals surface area contributed by atoms with E-state index in [4.69, 9.17) is 9.47 Å². The Bertz CT molecular complexity index is 864. The predicted octanol–water partition coefficient (Wildman–Crippen LogP) is 4.34. The molecule has 0 atom stereocenters. The Kier molecular flexibility index (Phi) is 6.10. The number of aromatic nitrogens is 2. The van der Waals surface area contributed by atoms with Crippen LogP contribution in [0.15, 0.2) is 54.6 Å². The maximum Gasteiger partial charge on any atom is 0.229 e. The summed E-state index contributed by atoms with van der Waals surface area (Å²) in [7, 11) is 1.64. The minimum atomic E-state index is 0.524. The van der Waals surface area contributed by atoms with Crippen LogP contribution in [0.25, 0.3) is 0 Å². The van der Waals surface area contributed by atoms with Crippen LogP contribution in [-0.4, -0.2) is 30.2 Å². The Morgan fingerprint density at radius 3 is 2.30 bits per heavy atom. The molecule has 0 fully saturated rings. The number of benzene rings is 2. The first-order chi connectivity index (χ1) is 13.1. The lowest BCUT2D eigenvalue weighted by atomic mass is 10.2. The molecule has 2 N–H and O–H groups in total. The van der Waals surface area contributed by atoms with Crippen LogP contribution < -0.4 is 20.1 Å². The van der Waals surface area contributed by atoms with Crippen molar-refractivity contribution in [3.8, 4) is 11.5 Å². The molecule has 0 aliphatic heterocycles. The summed E-state index contributed by atoms with van der Waals surface area (Å²) in [4.78, 5) is 8.95. The summed E-state index contributed by atoms with van der Waals surface area (Å²) in [5.74, 6) is 2.94. The van der Waals surface area contributed by atoms with Gasteiger partial charge in [0.2, 0.25) is 5.95 Å². The maximum absolute atomic E-state index is 5.72. The molecule has 3 aromatic rings. The Morgan fingerprint density at radius 2 is 1.59 bits per heavy atom. The van der Waals surface area contributed by atoms with E-state index in [1.165, 1.54) is 5.56 Å². The summed E-state index contributed by atoms with van der Waals surface area (Å²) in [5.41, 5.74) is 3.06. The van der Waals surface area contributed by atoms with Gasteiger partial charge in [0.1, 0.15) is 23.9 Å². The van der Waals surface area contributed by atoms with Crippen molar-refractivity contribution in [3.63, 3.8) is 0 Å². The molecule has 0 unspecified atom stereocenters. The summed E-state index contributed by atoms with van der Waals surface area (Å²) in [5, 5.41) is 6.51. The number of hydrogen-bond acceptors (Lipinski definition) is 6. The fraction of sp³-hybridized carbons (Fsp3) is 0.238. The first kappa shape index (κ1) is 18.5. The zero-order chi connectivity index (χ0) is 19.1. The van der Waals surface area contributed by atoms with Crippen LogP contribution in [-0.2, 0) is 0 Å². The van der Waals surface area contributed by atoms with Crippen LogP contribution in [0.5, 0.6) is 11.5 Å². The monoisotopic (exact) mass is 364 g/mol. The molecule has 0 saturated heterocycles. The van der Waals surface area contributed by atoms with Crippen LogP contribution >= 0.6 is 0 Å². The first-order valence-electron chi connectivity index (χ1n) is 8.82. The number of methoxy groups -OCH3 is 1. The van der Waals surface area contributed by atoms with Gasteiger partial charge in [0.15, 0.2) is 0 Å². The zero-order valence-electron chi connectivity index (χ0n) is 15.8. The van der Waals surface area contributed by atoms with E-state index in [1.807, 2.05) is 61.5 Å². The normalized spacial score (nSPS) is 10.3. The number of anilines is 3. The summed E-state index contributed by atoms with van der Waals surface area (Å²) in [6.45, 7) is 5.16. The molecule has 0 saturated carbocycles. The molecule has 6 nitrogen and oxygen atoms in total. The lowest BCUT2D eigenvalue weighted by molar-refractivity contribution is 0.331. The third-order valence-corrected chi connectivity index (χ3v) is 3.90. The van der Waals surface area contributed by atoms with E-state index in [1.54, 1.807) is 7.11 Å². The van der Waals surface area contributed by atoms with Gasteiger partial charge in [-0.1, -0.05) is 17.7 Å². The number of ether oxygens (including phenoxy) is 2. The molecule has 27 heavy (non-hydrogen) atoms. The highest BCUT2D eigenvalue weighted by molar-refractivity contribution is 5.55. The van der Waals surface area contributed by atoms with Crippen LogP contribution in [0, 0.1) is 13.8 Å². The van der Waals surface area contributed by atoms with E-state index >= 15 is 0 Å². The number of aryl methyl sites for hydroxylation is 2. The van der Waals surface area contributed by atoms with Gasteiger partial charge in [-0.2, -0.15) is 4.98 Å². The Labute approximate surface area is 159 Å². The van der Waals surface area contributed by atoms with Crippen LogP contribution in [0.2, 0.25) is 0 Å². The van der Waals surface area contributed by atoms with Crippen LogP contribution in [0.4, 0.5) is 17.5 Å². The third-order valence-electron chi connectivity index (χ3n) is 3.90. The van der Waals surface area contributed by atoms with E-state index in [2.05, 4.69) is 27.5 Å². The van der Waals surface area contributed by atoms with E-state index in [-0.39, 0.29) is 0 Å². The van der Waals surface area contributed by atoms with Crippen molar-refractivity contribution in [1.29, 1.82) is 0 Å². The highest BCUT2D eigenvalue weighted by Gasteiger charge is 2.03. The highest BCUT2D eigenvalue weighted by Crippen LogP contribution is 2.18. The lowest BCUT2D eigenvalue weighted by Crippen LogP contribution is -2.13. The molecule has 3 rings (SSSR count). The lowest BCUT2D eigenvalue weighted by Gasteiger charge is -2.11. The highest BCUT2D eigenvalue weighted by atomic mass is 16.5. The number of rotatable bonds is 8. The van der Waals surface area contributed by atoms with Gasteiger partial charge in [0.25, 0.3) is 0 Å². The fourth-order valence-corrected chi connectivity index (χ4v) is 2.50. The zero-order valence-corrected chi connectivity index (χ0v) is 15.8. The molecule has 0 aliphatic carbocycles. The van der Waals surface area contributed by atoms with Crippen molar-refractivity contribution in [3.05, 3.63) is 65.9 Å². The van der Waals surface area contributed by atoms with Gasteiger partial charge in [-0.15, -0.1) is 0 Å². The van der Waals surface area contributed by atoms with E-state index in [0.717, 1.165) is 28.7 Å². The minimum Gasteiger partial charge on any atom is -0.497 e. The summed E-state index contributed by atoms with van der Waals surface area (Å²) in [6.07, 6.45) is 0. The van der Waals surface area contributed by atoms with Crippen molar-refractivity contribution >= 4 is 17.5 Å². The molecule has 0 radical (unpaired) electrons. The molecule has 1 aromatic heterocycles. The second-order valence-electron chi connectivity index (χ2n) is 6.16. The molecule has 0 aliphatic rings. The largest absolute Gasteiger partial charge is 0.497 e. The van der Waals surface area contributed by atoms with Crippen molar-refractivity contribution in [2.45, 2.75) is 13.8 Å². The summed E-state index contributed by atoms with van der Waals surface area (Å²) >= 11 is 0. The van der Waals surface area contributed by atoms with Crippen LogP contribution in [0.1, 0.15) is 11.3 Å². The average molecular weight is 364 g/mol. The van der Waals surface area contributed by atoms with Gasteiger partial charge in [0.05, 0.1) is 13.7 Å². The Morgan fingerprint density at radius 1 is 0.889 bits per heavy atom. The van der Waals surface area contributed by atoms with E-state index < -0.39 is 0 Å². The topological polar surface area (TPSA) is 68.3 Å². The van der Waals surface area contributed by atoms with Crippen molar-refractivity contribution in [2.24, 2.45) is 0 Å². The molecular weight excluding hydrogens is 340 g/mol. The quantitative estimate of drug-likeness (QED) is 0.580. The SMILES string of the molecule is COc1ccc(OCCNc2cc(C)nc(Nc3ccc(C)cc3)n2)cc1. The molecule has 2 aromatic carbocycles. The van der Waals surface area contributed by atoms with E-state index in [9.17, 15) is 0 Å². The number of hydrogen-bond donors (Lipinski definition) is 2. The molecular formula is C21H24N4O2. The number of nitrogens with one attached hydrogen (secondary N) is 2. The van der Waals surface area contributed by atoms with Gasteiger partial charge in [-0.3, -0.25) is 0 Å². The molecule has 0 spiro atoms. The average Bonchev–Trinajstić information content (AvgIpc) is 2.67. The maximum atomic E-state index is 5.72. The van der Waals surface area contributed by atoms with Crippen molar-refractivity contribution in [2.75, 3.05) is 30.9 Å². The van der Waals surface area contributed by atoms with Crippen LogP contribution in [0.3, 0.4) is 0 Å². The smallest absolute Gasteiger partial charge is 0.229 e. The van der Waals surface area contributed by atoms with Crippen molar-refractivity contribution in [1.82, 2.24) is 9.97 Å². The summed E-state index contributed by atoms with van der Waals surface area (Å²) < 4.78 is 10.9. The summed E-state index contributed by atoms with van der Waals surface area (Å²) in [6, 6.07) is 17.6. The van der Waals surface area contributed by atoms with Crippen molar-refractivity contribution < 1.29 is 9.47 Å². The second kappa shape index (κ2) is 8.89. The molecule has 0 amide bonds. The molecule has 0 bridgehead atoms. The van der Waals surface area contributed by atoms with Gasteiger partial charge in [-0.25, -0.2) is 4.98 Å². The minimum absolute atomic E-state index is 0.524.